The molecule has 26 heavy (non-hydrogen) atoms. The van der Waals surface area contributed by atoms with E-state index in [-0.39, 0.29) is 0 Å². The van der Waals surface area contributed by atoms with Gasteiger partial charge in [-0.3, -0.25) is 4.68 Å². The average molecular weight is 369 g/mol. The lowest BCUT2D eigenvalue weighted by atomic mass is 9.99. The molecule has 0 saturated carbocycles. The maximum Gasteiger partial charge on any atom is 0.434 e. The van der Waals surface area contributed by atoms with Crippen LogP contribution in [0, 0.1) is 19.8 Å². The summed E-state index contributed by atoms with van der Waals surface area (Å²) in [5, 5.41) is 8.05. The van der Waals surface area contributed by atoms with Crippen molar-refractivity contribution in [2.24, 2.45) is 5.92 Å². The minimum Gasteiger partial charge on any atom is -0.334 e. The summed E-state index contributed by atoms with van der Waals surface area (Å²) in [6.07, 6.45) is -0.732. The second kappa shape index (κ2) is 7.42. The van der Waals surface area contributed by atoms with Gasteiger partial charge in [-0.1, -0.05) is 6.92 Å². The molecule has 0 fully saturated rings. The molecule has 8 heteroatoms. The highest BCUT2D eigenvalue weighted by molar-refractivity contribution is 5.24. The summed E-state index contributed by atoms with van der Waals surface area (Å²) in [4.78, 5) is 3.73. The fourth-order valence-corrected chi connectivity index (χ4v) is 3.64. The second-order valence-electron chi connectivity index (χ2n) is 7.10. The van der Waals surface area contributed by atoms with Crippen molar-refractivity contribution in [3.63, 3.8) is 0 Å². The Bertz CT molecular complexity index is 760. The zero-order valence-corrected chi connectivity index (χ0v) is 15.5. The van der Waals surface area contributed by atoms with E-state index in [1.165, 1.54) is 11.3 Å². The fraction of sp³-hybridized carbons (Fsp3) is 0.667. The van der Waals surface area contributed by atoms with Crippen molar-refractivity contribution in [3.8, 4) is 0 Å². The van der Waals surface area contributed by atoms with Crippen molar-refractivity contribution in [2.75, 3.05) is 6.54 Å². The molecule has 2 aromatic rings. The van der Waals surface area contributed by atoms with Crippen LogP contribution in [-0.2, 0) is 32.2 Å². The van der Waals surface area contributed by atoms with Gasteiger partial charge in [-0.2, -0.15) is 18.3 Å². The third-order valence-corrected chi connectivity index (χ3v) is 5.08. The first-order valence-electron chi connectivity index (χ1n) is 9.16. The number of nitrogens with one attached hydrogen (secondary N) is 1. The van der Waals surface area contributed by atoms with E-state index >= 15 is 0 Å². The molecule has 1 unspecified atom stereocenters. The summed E-state index contributed by atoms with van der Waals surface area (Å²) < 4.78 is 42.1. The van der Waals surface area contributed by atoms with Gasteiger partial charge in [-0.15, -0.1) is 0 Å². The number of aryl methyl sites for hydroxylation is 3. The summed E-state index contributed by atoms with van der Waals surface area (Å²) in [5.41, 5.74) is 2.67. The van der Waals surface area contributed by atoms with Crippen LogP contribution >= 0.6 is 0 Å². The topological polar surface area (TPSA) is 47.7 Å². The van der Waals surface area contributed by atoms with Crippen molar-refractivity contribution in [2.45, 2.75) is 65.8 Å². The Hall–Kier alpha value is -1.83. The highest BCUT2D eigenvalue weighted by Crippen LogP contribution is 2.30. The van der Waals surface area contributed by atoms with Crippen molar-refractivity contribution in [1.29, 1.82) is 0 Å². The number of fused-ring (bicyclic) bond motifs is 1. The van der Waals surface area contributed by atoms with Crippen LogP contribution in [0.1, 0.15) is 48.2 Å². The number of hydrogen-bond acceptors (Lipinski definition) is 3. The lowest BCUT2D eigenvalue weighted by molar-refractivity contribution is -0.141. The molecule has 144 valence electrons. The molecule has 0 amide bonds. The van der Waals surface area contributed by atoms with Gasteiger partial charge in [-0.05, 0) is 39.2 Å². The Morgan fingerprint density at radius 2 is 2.08 bits per heavy atom. The van der Waals surface area contributed by atoms with Crippen LogP contribution < -0.4 is 5.32 Å². The minimum atomic E-state index is -4.37. The molecular weight excluding hydrogens is 343 g/mol. The third kappa shape index (κ3) is 3.95. The Balaban J connectivity index is 1.56. The molecule has 0 aromatic carbocycles. The van der Waals surface area contributed by atoms with E-state index in [1.807, 2.05) is 11.6 Å². The molecule has 0 radical (unpaired) electrons. The number of rotatable bonds is 6. The van der Waals surface area contributed by atoms with Gasteiger partial charge in [0.2, 0.25) is 0 Å². The highest BCUT2D eigenvalue weighted by atomic mass is 19.4. The molecule has 2 aromatic heterocycles. The average Bonchev–Trinajstić information content (AvgIpc) is 3.11. The van der Waals surface area contributed by atoms with Crippen LogP contribution in [0.3, 0.4) is 0 Å². The van der Waals surface area contributed by atoms with E-state index in [4.69, 9.17) is 0 Å². The molecule has 1 aliphatic rings. The summed E-state index contributed by atoms with van der Waals surface area (Å²) in [6.45, 7) is 9.25. The van der Waals surface area contributed by atoms with Crippen LogP contribution in [-0.4, -0.2) is 25.9 Å². The fourth-order valence-electron chi connectivity index (χ4n) is 3.64. The quantitative estimate of drug-likeness (QED) is 0.848. The van der Waals surface area contributed by atoms with E-state index in [0.717, 1.165) is 44.4 Å². The van der Waals surface area contributed by atoms with E-state index in [2.05, 4.69) is 29.2 Å². The van der Waals surface area contributed by atoms with Crippen LogP contribution in [0.5, 0.6) is 0 Å². The number of hydrogen-bond donors (Lipinski definition) is 1. The summed E-state index contributed by atoms with van der Waals surface area (Å²) >= 11 is 0. The van der Waals surface area contributed by atoms with E-state index in [0.29, 0.717) is 24.7 Å². The molecular formula is C18H26F3N5. The van der Waals surface area contributed by atoms with Gasteiger partial charge in [0.1, 0.15) is 5.82 Å². The van der Waals surface area contributed by atoms with Gasteiger partial charge >= 0.3 is 6.18 Å². The number of nitrogens with zero attached hydrogens (tertiary/aromatic N) is 4. The highest BCUT2D eigenvalue weighted by Gasteiger charge is 2.35. The van der Waals surface area contributed by atoms with Crippen LogP contribution in [0.2, 0.25) is 0 Å². The van der Waals surface area contributed by atoms with Gasteiger partial charge in [0.15, 0.2) is 5.69 Å². The number of halogens is 3. The first-order valence-corrected chi connectivity index (χ1v) is 9.16. The Kier molecular flexibility index (Phi) is 5.41. The Morgan fingerprint density at radius 1 is 1.31 bits per heavy atom. The standard InChI is InChI=1S/C18H26F3N5/c1-4-7-26-13(3)15(12(2)24-26)9-22-8-14-5-6-17-23-16(18(19,20)21)11-25(17)10-14/h11,14,22H,4-10H2,1-3H3. The van der Waals surface area contributed by atoms with Crippen molar-refractivity contribution < 1.29 is 13.2 Å². The molecule has 3 heterocycles. The SMILES string of the molecule is CCCn1nc(C)c(CNCC2CCc3nc(C(F)(F)F)cn3C2)c1C. The van der Waals surface area contributed by atoms with Crippen molar-refractivity contribution in [1.82, 2.24) is 24.6 Å². The predicted molar refractivity (Wildman–Crippen MR) is 92.7 cm³/mol. The molecule has 0 aliphatic carbocycles. The van der Waals surface area contributed by atoms with Crippen LogP contribution in [0.4, 0.5) is 13.2 Å². The smallest absolute Gasteiger partial charge is 0.334 e. The lowest BCUT2D eigenvalue weighted by Gasteiger charge is -2.24. The predicted octanol–water partition coefficient (Wildman–Crippen LogP) is 3.48. The molecule has 0 bridgehead atoms. The molecule has 0 saturated heterocycles. The molecule has 3 rings (SSSR count). The van der Waals surface area contributed by atoms with Gasteiger partial charge < -0.3 is 9.88 Å². The number of imidazole rings is 1. The molecule has 5 nitrogen and oxygen atoms in total. The maximum absolute atomic E-state index is 12.8. The van der Waals surface area contributed by atoms with E-state index in [9.17, 15) is 13.2 Å². The maximum atomic E-state index is 12.8. The van der Waals surface area contributed by atoms with Gasteiger partial charge in [0.25, 0.3) is 0 Å². The van der Waals surface area contributed by atoms with Gasteiger partial charge in [0, 0.05) is 43.5 Å². The summed E-state index contributed by atoms with van der Waals surface area (Å²) in [6, 6.07) is 0. The first kappa shape index (κ1) is 18.9. The molecule has 0 spiro atoms. The van der Waals surface area contributed by atoms with Crippen molar-refractivity contribution in [3.05, 3.63) is 34.7 Å². The van der Waals surface area contributed by atoms with Crippen molar-refractivity contribution >= 4 is 0 Å². The normalized spacial score (nSPS) is 17.5. The number of alkyl halides is 3. The summed E-state index contributed by atoms with van der Waals surface area (Å²) in [5.74, 6) is 0.852. The molecule has 1 N–H and O–H groups in total. The zero-order chi connectivity index (χ0) is 18.9. The second-order valence-corrected chi connectivity index (χ2v) is 7.10. The lowest BCUT2D eigenvalue weighted by Crippen LogP contribution is -2.30. The summed E-state index contributed by atoms with van der Waals surface area (Å²) in [7, 11) is 0. The van der Waals surface area contributed by atoms with E-state index in [1.54, 1.807) is 4.57 Å². The molecule has 1 aliphatic heterocycles. The first-order chi connectivity index (χ1) is 12.3. The van der Waals surface area contributed by atoms with Gasteiger partial charge in [-0.25, -0.2) is 4.98 Å². The largest absolute Gasteiger partial charge is 0.434 e. The van der Waals surface area contributed by atoms with Crippen LogP contribution in [0.15, 0.2) is 6.20 Å². The molecule has 1 atom stereocenters. The van der Waals surface area contributed by atoms with Crippen LogP contribution in [0.25, 0.3) is 0 Å². The van der Waals surface area contributed by atoms with Gasteiger partial charge in [0.05, 0.1) is 5.69 Å². The van der Waals surface area contributed by atoms with E-state index < -0.39 is 11.9 Å². The minimum absolute atomic E-state index is 0.309. The monoisotopic (exact) mass is 369 g/mol. The number of aromatic nitrogens is 4. The Morgan fingerprint density at radius 3 is 2.77 bits per heavy atom. The Labute approximate surface area is 151 Å². The third-order valence-electron chi connectivity index (χ3n) is 5.08. The zero-order valence-electron chi connectivity index (χ0n) is 15.5.